The predicted octanol–water partition coefficient (Wildman–Crippen LogP) is 2.61. The van der Waals surface area contributed by atoms with Gasteiger partial charge < -0.3 is 5.32 Å². The van der Waals surface area contributed by atoms with E-state index in [-0.39, 0.29) is 5.91 Å². The number of carbonyl (C=O) groups excluding carboxylic acids is 1. The van der Waals surface area contributed by atoms with Gasteiger partial charge in [-0.15, -0.1) is 12.6 Å². The molecule has 4 heteroatoms. The van der Waals surface area contributed by atoms with Gasteiger partial charge in [0.05, 0.1) is 0 Å². The summed E-state index contributed by atoms with van der Waals surface area (Å²) < 4.78 is 0. The van der Waals surface area contributed by atoms with E-state index >= 15 is 0 Å². The van der Waals surface area contributed by atoms with E-state index < -0.39 is 0 Å². The van der Waals surface area contributed by atoms with Gasteiger partial charge in [0, 0.05) is 29.4 Å². The summed E-state index contributed by atoms with van der Waals surface area (Å²) in [5.41, 5.74) is 2.63. The summed E-state index contributed by atoms with van der Waals surface area (Å²) in [5.74, 6) is -0.0831. The monoisotopic (exact) mass is 258 g/mol. The molecular formula is C14H14N2OS. The standard InChI is InChI=1S/C14H14N2OS/c1-10-2-3-12(18)8-13(10)14(17)16-9-11-4-6-15-7-5-11/h2-8,18H,9H2,1H3,(H,16,17). The molecule has 1 heterocycles. The van der Waals surface area contributed by atoms with Crippen molar-refractivity contribution in [2.45, 2.75) is 18.4 Å². The van der Waals surface area contributed by atoms with Gasteiger partial charge in [-0.3, -0.25) is 9.78 Å². The number of carbonyl (C=O) groups is 1. The maximum atomic E-state index is 12.0. The minimum Gasteiger partial charge on any atom is -0.348 e. The minimum absolute atomic E-state index is 0.0831. The number of nitrogens with zero attached hydrogens (tertiary/aromatic N) is 1. The van der Waals surface area contributed by atoms with Crippen molar-refractivity contribution in [3.63, 3.8) is 0 Å². The highest BCUT2D eigenvalue weighted by atomic mass is 32.1. The van der Waals surface area contributed by atoms with E-state index in [4.69, 9.17) is 0 Å². The van der Waals surface area contributed by atoms with Crippen LogP contribution in [0.4, 0.5) is 0 Å². The lowest BCUT2D eigenvalue weighted by molar-refractivity contribution is 0.0950. The van der Waals surface area contributed by atoms with E-state index in [1.165, 1.54) is 0 Å². The lowest BCUT2D eigenvalue weighted by atomic mass is 10.1. The Balaban J connectivity index is 2.06. The van der Waals surface area contributed by atoms with Crippen LogP contribution in [0.25, 0.3) is 0 Å². The maximum Gasteiger partial charge on any atom is 0.251 e. The molecule has 0 aliphatic carbocycles. The number of thiol groups is 1. The second-order valence-corrected chi connectivity index (χ2v) is 4.55. The van der Waals surface area contributed by atoms with Gasteiger partial charge in [0.25, 0.3) is 5.91 Å². The smallest absolute Gasteiger partial charge is 0.251 e. The highest BCUT2D eigenvalue weighted by Crippen LogP contribution is 2.14. The number of benzene rings is 1. The lowest BCUT2D eigenvalue weighted by Gasteiger charge is -2.08. The average molecular weight is 258 g/mol. The average Bonchev–Trinajstić information content (AvgIpc) is 2.40. The van der Waals surface area contributed by atoms with Crippen molar-refractivity contribution in [1.29, 1.82) is 0 Å². The predicted molar refractivity (Wildman–Crippen MR) is 73.8 cm³/mol. The van der Waals surface area contributed by atoms with Crippen molar-refractivity contribution < 1.29 is 4.79 Å². The second kappa shape index (κ2) is 5.69. The topological polar surface area (TPSA) is 42.0 Å². The third-order valence-corrected chi connectivity index (χ3v) is 2.95. The molecule has 0 bridgehead atoms. The minimum atomic E-state index is -0.0831. The molecule has 92 valence electrons. The molecule has 18 heavy (non-hydrogen) atoms. The molecule has 1 N–H and O–H groups in total. The molecular weight excluding hydrogens is 244 g/mol. The molecule has 0 aliphatic rings. The zero-order valence-corrected chi connectivity index (χ0v) is 10.9. The molecule has 0 saturated carbocycles. The molecule has 0 spiro atoms. The van der Waals surface area contributed by atoms with Crippen molar-refractivity contribution in [2.24, 2.45) is 0 Å². The molecule has 2 rings (SSSR count). The zero-order valence-electron chi connectivity index (χ0n) is 10.1. The Morgan fingerprint density at radius 2 is 2.00 bits per heavy atom. The largest absolute Gasteiger partial charge is 0.348 e. The Hall–Kier alpha value is -1.81. The molecule has 2 aromatic rings. The number of amides is 1. The fraction of sp³-hybridized carbons (Fsp3) is 0.143. The van der Waals surface area contributed by atoms with Crippen molar-refractivity contribution in [2.75, 3.05) is 0 Å². The molecule has 1 aromatic heterocycles. The Morgan fingerprint density at radius 3 is 2.72 bits per heavy atom. The van der Waals surface area contributed by atoms with E-state index in [1.807, 2.05) is 31.2 Å². The van der Waals surface area contributed by atoms with Gasteiger partial charge in [-0.1, -0.05) is 6.07 Å². The Kier molecular flexibility index (Phi) is 3.99. The van der Waals surface area contributed by atoms with E-state index in [9.17, 15) is 4.79 Å². The van der Waals surface area contributed by atoms with Crippen molar-refractivity contribution in [1.82, 2.24) is 10.3 Å². The molecule has 0 atom stereocenters. The zero-order chi connectivity index (χ0) is 13.0. The number of hydrogen-bond donors (Lipinski definition) is 2. The first-order chi connectivity index (χ1) is 8.66. The quantitative estimate of drug-likeness (QED) is 0.831. The second-order valence-electron chi connectivity index (χ2n) is 4.04. The summed E-state index contributed by atoms with van der Waals surface area (Å²) in [6.07, 6.45) is 3.42. The fourth-order valence-electron chi connectivity index (χ4n) is 1.63. The van der Waals surface area contributed by atoms with E-state index in [0.29, 0.717) is 12.1 Å². The van der Waals surface area contributed by atoms with Crippen molar-refractivity contribution in [3.8, 4) is 0 Å². The summed E-state index contributed by atoms with van der Waals surface area (Å²) in [6.45, 7) is 2.41. The van der Waals surface area contributed by atoms with Crippen LogP contribution in [0, 0.1) is 6.92 Å². The first-order valence-electron chi connectivity index (χ1n) is 5.63. The van der Waals surface area contributed by atoms with E-state index in [1.54, 1.807) is 18.5 Å². The summed E-state index contributed by atoms with van der Waals surface area (Å²) in [6, 6.07) is 9.30. The molecule has 0 fully saturated rings. The van der Waals surface area contributed by atoms with Gasteiger partial charge in [0.1, 0.15) is 0 Å². The highest BCUT2D eigenvalue weighted by Gasteiger charge is 2.08. The number of aryl methyl sites for hydroxylation is 1. The van der Waals surface area contributed by atoms with Gasteiger partial charge in [-0.25, -0.2) is 0 Å². The molecule has 0 aliphatic heterocycles. The molecule has 0 radical (unpaired) electrons. The fourth-order valence-corrected chi connectivity index (χ4v) is 1.84. The summed E-state index contributed by atoms with van der Waals surface area (Å²) >= 11 is 4.25. The number of pyridine rings is 1. The lowest BCUT2D eigenvalue weighted by Crippen LogP contribution is -2.23. The number of hydrogen-bond acceptors (Lipinski definition) is 3. The Labute approximate surface area is 112 Å². The summed E-state index contributed by atoms with van der Waals surface area (Å²) in [7, 11) is 0. The van der Waals surface area contributed by atoms with Crippen LogP contribution in [0.2, 0.25) is 0 Å². The SMILES string of the molecule is Cc1ccc(S)cc1C(=O)NCc1ccncc1. The summed E-state index contributed by atoms with van der Waals surface area (Å²) in [4.78, 5) is 16.8. The molecule has 1 aromatic carbocycles. The van der Waals surface area contributed by atoms with Gasteiger partial charge in [0.15, 0.2) is 0 Å². The summed E-state index contributed by atoms with van der Waals surface area (Å²) in [5, 5.41) is 2.88. The Morgan fingerprint density at radius 1 is 1.28 bits per heavy atom. The van der Waals surface area contributed by atoms with E-state index in [2.05, 4.69) is 22.9 Å². The van der Waals surface area contributed by atoms with Crippen LogP contribution in [0.3, 0.4) is 0 Å². The van der Waals surface area contributed by atoms with E-state index in [0.717, 1.165) is 16.0 Å². The van der Waals surface area contributed by atoms with Crippen LogP contribution in [0.15, 0.2) is 47.6 Å². The van der Waals surface area contributed by atoms with Crippen molar-refractivity contribution >= 4 is 18.5 Å². The van der Waals surface area contributed by atoms with Gasteiger partial charge in [-0.05, 0) is 42.3 Å². The molecule has 0 unspecified atom stereocenters. The van der Waals surface area contributed by atoms with Gasteiger partial charge in [-0.2, -0.15) is 0 Å². The third kappa shape index (κ3) is 3.11. The molecule has 0 saturated heterocycles. The molecule has 3 nitrogen and oxygen atoms in total. The number of rotatable bonds is 3. The van der Waals surface area contributed by atoms with Crippen LogP contribution in [-0.4, -0.2) is 10.9 Å². The van der Waals surface area contributed by atoms with Crippen LogP contribution in [0.1, 0.15) is 21.5 Å². The normalized spacial score (nSPS) is 10.1. The van der Waals surface area contributed by atoms with Crippen molar-refractivity contribution in [3.05, 3.63) is 59.4 Å². The first-order valence-corrected chi connectivity index (χ1v) is 6.08. The third-order valence-electron chi connectivity index (χ3n) is 2.67. The van der Waals surface area contributed by atoms with Crippen LogP contribution >= 0.6 is 12.6 Å². The van der Waals surface area contributed by atoms with Crippen LogP contribution < -0.4 is 5.32 Å². The maximum absolute atomic E-state index is 12.0. The highest BCUT2D eigenvalue weighted by molar-refractivity contribution is 7.80. The van der Waals surface area contributed by atoms with Gasteiger partial charge >= 0.3 is 0 Å². The molecule has 1 amide bonds. The van der Waals surface area contributed by atoms with Crippen LogP contribution in [-0.2, 0) is 6.54 Å². The number of nitrogens with one attached hydrogen (secondary N) is 1. The Bertz CT molecular complexity index is 555. The van der Waals surface area contributed by atoms with Crippen LogP contribution in [0.5, 0.6) is 0 Å². The number of aromatic nitrogens is 1. The first kappa shape index (κ1) is 12.6. The van der Waals surface area contributed by atoms with Gasteiger partial charge in [0.2, 0.25) is 0 Å².